The minimum Gasteiger partial charge on any atom is -1.00 e. The second kappa shape index (κ2) is 9.52. The van der Waals surface area contributed by atoms with Crippen molar-refractivity contribution in [2.75, 3.05) is 0 Å². The normalized spacial score (nSPS) is 10.2. The van der Waals surface area contributed by atoms with Crippen LogP contribution in [0.4, 0.5) is 0 Å². The second-order valence-corrected chi connectivity index (χ2v) is 6.21. The first kappa shape index (κ1) is 27.9. The van der Waals surface area contributed by atoms with Gasteiger partial charge in [-0.2, -0.15) is 0 Å². The summed E-state index contributed by atoms with van der Waals surface area (Å²) >= 11 is 0. The van der Waals surface area contributed by atoms with Crippen molar-refractivity contribution in [1.29, 1.82) is 0 Å². The molecule has 0 aliphatic rings. The van der Waals surface area contributed by atoms with Crippen molar-refractivity contribution >= 4 is 0 Å². The van der Waals surface area contributed by atoms with Crippen LogP contribution < -0.4 is 42.3 Å². The Hall–Kier alpha value is 0.604. The van der Waals surface area contributed by atoms with E-state index in [1.54, 1.807) is 6.07 Å². The molecule has 19 heavy (non-hydrogen) atoms. The van der Waals surface area contributed by atoms with Crippen LogP contribution in [0, 0.1) is 0 Å². The smallest absolute Gasteiger partial charge is 1.00 e. The Morgan fingerprint density at radius 2 is 1.21 bits per heavy atom. The molecule has 0 aromatic heterocycles. The molecule has 0 saturated carbocycles. The van der Waals surface area contributed by atoms with E-state index in [9.17, 15) is 5.11 Å². The number of benzene rings is 1. The summed E-state index contributed by atoms with van der Waals surface area (Å²) in [6.45, 7) is 12.7. The van der Waals surface area contributed by atoms with Crippen LogP contribution in [0.15, 0.2) is 18.2 Å². The Labute approximate surface area is 151 Å². The monoisotopic (exact) mass is 358 g/mol. The van der Waals surface area contributed by atoms with Crippen LogP contribution in [-0.2, 0) is 32.5 Å². The molecule has 0 heterocycles. The van der Waals surface area contributed by atoms with Crippen LogP contribution in [0.5, 0.6) is 5.75 Å². The molecular weight excluding hydrogens is 338 g/mol. The largest absolute Gasteiger partial charge is 4.00 e. The molecule has 0 aliphatic heterocycles. The third-order valence-corrected chi connectivity index (χ3v) is 2.65. The van der Waals surface area contributed by atoms with Crippen LogP contribution in [0.25, 0.3) is 0 Å². The molecule has 0 bridgehead atoms. The standard InChI is InChI=1S/C14H22O.3ClH.Ti/c1-13(2,3)10-7-8-12(15)11(9-10)14(4,5)6;;;;/h7-9,15H,1-6H3;3*1H;/q;;;;+4/p-4. The third kappa shape index (κ3) is 7.82. The predicted molar refractivity (Wildman–Crippen MR) is 63.3 cm³/mol. The summed E-state index contributed by atoms with van der Waals surface area (Å²) in [7, 11) is 0. The minimum atomic E-state index is -0.0711. The van der Waals surface area contributed by atoms with Crippen molar-refractivity contribution in [3.63, 3.8) is 0 Å². The van der Waals surface area contributed by atoms with Gasteiger partial charge in [0, 0.05) is 0 Å². The minimum absolute atomic E-state index is 0. The zero-order valence-electron chi connectivity index (χ0n) is 12.3. The molecule has 0 atom stereocenters. The Morgan fingerprint density at radius 1 is 0.789 bits per heavy atom. The zero-order valence-corrected chi connectivity index (χ0v) is 16.1. The maximum Gasteiger partial charge on any atom is 4.00 e. The van der Waals surface area contributed by atoms with Gasteiger partial charge in [0.25, 0.3) is 0 Å². The van der Waals surface area contributed by atoms with Crippen molar-refractivity contribution in [3.05, 3.63) is 29.3 Å². The molecule has 1 rings (SSSR count). The van der Waals surface area contributed by atoms with Crippen molar-refractivity contribution in [1.82, 2.24) is 0 Å². The average molecular weight is 360 g/mol. The topological polar surface area (TPSA) is 23.1 Å². The van der Waals surface area contributed by atoms with Crippen molar-refractivity contribution in [2.45, 2.75) is 52.4 Å². The molecule has 0 fully saturated rings. The average Bonchev–Trinajstić information content (AvgIpc) is 2.00. The van der Waals surface area contributed by atoms with Gasteiger partial charge < -0.3 is 42.3 Å². The van der Waals surface area contributed by atoms with Crippen LogP contribution in [0.1, 0.15) is 52.7 Å². The quantitative estimate of drug-likeness (QED) is 0.424. The van der Waals surface area contributed by atoms with E-state index < -0.39 is 0 Å². The summed E-state index contributed by atoms with van der Waals surface area (Å²) in [5, 5.41) is 11.7. The maximum atomic E-state index is 11.7. The summed E-state index contributed by atoms with van der Waals surface area (Å²) in [5.41, 5.74) is 2.17. The summed E-state index contributed by atoms with van der Waals surface area (Å²) in [5.74, 6) is 0.149. The van der Waals surface area contributed by atoms with E-state index in [-0.39, 0.29) is 75.5 Å². The van der Waals surface area contributed by atoms with Crippen LogP contribution in [-0.4, -0.2) is 0 Å². The number of hydrogen-bond acceptors (Lipinski definition) is 1. The summed E-state index contributed by atoms with van der Waals surface area (Å²) in [6, 6.07) is 5.70. The molecule has 0 aliphatic carbocycles. The fourth-order valence-electron chi connectivity index (χ4n) is 1.58. The van der Waals surface area contributed by atoms with Crippen LogP contribution in [0.3, 0.4) is 0 Å². The molecule has 1 nitrogen and oxygen atoms in total. The molecule has 0 saturated heterocycles. The van der Waals surface area contributed by atoms with Gasteiger partial charge in [-0.25, -0.2) is 0 Å². The molecule has 1 aromatic rings. The first-order chi connectivity index (χ1) is 6.62. The molecular formula is C14H21Cl3OTi. The van der Waals surface area contributed by atoms with Crippen LogP contribution in [0.2, 0.25) is 0 Å². The van der Waals surface area contributed by atoms with E-state index in [2.05, 4.69) is 47.6 Å². The molecule has 1 aromatic carbocycles. The molecule has 108 valence electrons. The van der Waals surface area contributed by atoms with Gasteiger partial charge in [0.2, 0.25) is 0 Å². The SMILES string of the molecule is CC(C)(C)c1ccc([O-])c(C(C)(C)C)c1.[Cl-].[Cl-].[Cl-].[Ti+4]. The van der Waals surface area contributed by atoms with Gasteiger partial charge in [-0.15, -0.1) is 5.75 Å². The molecule has 0 amide bonds. The van der Waals surface area contributed by atoms with E-state index in [0.29, 0.717) is 0 Å². The molecule has 0 unspecified atom stereocenters. The fourth-order valence-corrected chi connectivity index (χ4v) is 1.58. The Bertz CT molecular complexity index is 368. The summed E-state index contributed by atoms with van der Waals surface area (Å²) in [6.07, 6.45) is 0. The Morgan fingerprint density at radius 3 is 1.53 bits per heavy atom. The van der Waals surface area contributed by atoms with E-state index in [1.165, 1.54) is 5.56 Å². The van der Waals surface area contributed by atoms with Gasteiger partial charge in [-0.1, -0.05) is 65.3 Å². The van der Waals surface area contributed by atoms with Gasteiger partial charge in [-0.3, -0.25) is 0 Å². The second-order valence-electron chi connectivity index (χ2n) is 6.21. The molecule has 0 N–H and O–H groups in total. The number of rotatable bonds is 0. The van der Waals surface area contributed by atoms with Gasteiger partial charge in [-0.05, 0) is 16.4 Å². The van der Waals surface area contributed by atoms with E-state index in [1.807, 2.05) is 6.07 Å². The predicted octanol–water partition coefficient (Wildman–Crippen LogP) is -5.64. The van der Waals surface area contributed by atoms with Crippen molar-refractivity contribution in [2.24, 2.45) is 0 Å². The zero-order chi connectivity index (χ0) is 11.9. The van der Waals surface area contributed by atoms with Crippen molar-refractivity contribution < 1.29 is 64.0 Å². The third-order valence-electron chi connectivity index (χ3n) is 2.65. The van der Waals surface area contributed by atoms with Gasteiger partial charge in [0.1, 0.15) is 0 Å². The van der Waals surface area contributed by atoms with Gasteiger partial charge >= 0.3 is 21.7 Å². The maximum absolute atomic E-state index is 11.7. The summed E-state index contributed by atoms with van der Waals surface area (Å²) in [4.78, 5) is 0. The van der Waals surface area contributed by atoms with Gasteiger partial charge in [0.15, 0.2) is 0 Å². The fraction of sp³-hybridized carbons (Fsp3) is 0.571. The number of hydrogen-bond donors (Lipinski definition) is 0. The van der Waals surface area contributed by atoms with E-state index >= 15 is 0 Å². The molecule has 0 radical (unpaired) electrons. The Kier molecular flexibility index (Phi) is 14.0. The number of halogens is 3. The van der Waals surface area contributed by atoms with Crippen molar-refractivity contribution in [3.8, 4) is 5.75 Å². The van der Waals surface area contributed by atoms with Crippen LogP contribution >= 0.6 is 0 Å². The van der Waals surface area contributed by atoms with E-state index in [0.717, 1.165) is 5.56 Å². The first-order valence-corrected chi connectivity index (χ1v) is 5.44. The summed E-state index contributed by atoms with van der Waals surface area (Å²) < 4.78 is 0. The first-order valence-electron chi connectivity index (χ1n) is 5.44. The molecule has 0 spiro atoms. The molecule has 5 heteroatoms. The van der Waals surface area contributed by atoms with E-state index in [4.69, 9.17) is 0 Å². The van der Waals surface area contributed by atoms with Gasteiger partial charge in [0.05, 0.1) is 0 Å². The Balaban J connectivity index is -0.000000281.